The molecule has 0 fully saturated rings. The Kier molecular flexibility index (Phi) is 2.88. The molecule has 0 N–H and O–H groups in total. The van der Waals surface area contributed by atoms with Crippen LogP contribution in [-0.2, 0) is 0 Å². The Morgan fingerprint density at radius 2 is 1.60 bits per heavy atom. The number of carbonyl (C=O) groups is 2. The topological polar surface area (TPSA) is 61.2 Å². The molecule has 0 spiro atoms. The Hall–Kier alpha value is -2.45. The lowest BCUT2D eigenvalue weighted by Crippen LogP contribution is -2.29. The second kappa shape index (κ2) is 4.58. The van der Waals surface area contributed by atoms with Crippen LogP contribution >= 0.6 is 15.9 Å². The molecule has 0 atom stereocenters. The van der Waals surface area contributed by atoms with Crippen molar-refractivity contribution in [2.75, 3.05) is 4.90 Å². The van der Waals surface area contributed by atoms with Crippen LogP contribution < -0.4 is 4.90 Å². The van der Waals surface area contributed by atoms with E-state index in [1.54, 1.807) is 42.5 Å². The maximum Gasteiger partial charge on any atom is 0.266 e. The van der Waals surface area contributed by atoms with Crippen molar-refractivity contribution in [3.8, 4) is 6.07 Å². The fourth-order valence-corrected chi connectivity index (χ4v) is 2.72. The Bertz CT molecular complexity index is 758. The maximum absolute atomic E-state index is 12.3. The Morgan fingerprint density at radius 1 is 1.00 bits per heavy atom. The van der Waals surface area contributed by atoms with Gasteiger partial charge in [-0.3, -0.25) is 9.59 Å². The van der Waals surface area contributed by atoms with E-state index in [2.05, 4.69) is 15.9 Å². The van der Waals surface area contributed by atoms with Gasteiger partial charge in [-0.15, -0.1) is 0 Å². The molecule has 0 bridgehead atoms. The first kappa shape index (κ1) is 12.6. The van der Waals surface area contributed by atoms with E-state index in [1.807, 2.05) is 6.07 Å². The highest BCUT2D eigenvalue weighted by Gasteiger charge is 2.37. The van der Waals surface area contributed by atoms with Crippen molar-refractivity contribution >= 4 is 33.4 Å². The zero-order chi connectivity index (χ0) is 14.3. The number of amides is 2. The zero-order valence-corrected chi connectivity index (χ0v) is 11.7. The molecule has 0 saturated carbocycles. The molecule has 3 rings (SSSR count). The summed E-state index contributed by atoms with van der Waals surface area (Å²) in [6.07, 6.45) is 0. The molecule has 0 aliphatic carbocycles. The number of imide groups is 1. The van der Waals surface area contributed by atoms with Gasteiger partial charge in [-0.1, -0.05) is 12.1 Å². The summed E-state index contributed by atoms with van der Waals surface area (Å²) in [4.78, 5) is 25.8. The number of benzene rings is 2. The van der Waals surface area contributed by atoms with Crippen LogP contribution in [0.5, 0.6) is 0 Å². The summed E-state index contributed by atoms with van der Waals surface area (Å²) in [6.45, 7) is 0. The summed E-state index contributed by atoms with van der Waals surface area (Å²) in [5.41, 5.74) is 1.69. The molecule has 1 aliphatic rings. The molecule has 0 aromatic heterocycles. The lowest BCUT2D eigenvalue weighted by molar-refractivity contribution is 0.0926. The van der Waals surface area contributed by atoms with E-state index >= 15 is 0 Å². The predicted octanol–water partition coefficient (Wildman–Crippen LogP) is 3.12. The molecule has 4 nitrogen and oxygen atoms in total. The monoisotopic (exact) mass is 326 g/mol. The minimum atomic E-state index is -0.351. The Balaban J connectivity index is 2.12. The number of nitriles is 1. The minimum absolute atomic E-state index is 0.351. The van der Waals surface area contributed by atoms with Crippen molar-refractivity contribution in [3.05, 3.63) is 63.6 Å². The van der Waals surface area contributed by atoms with Crippen molar-refractivity contribution in [1.82, 2.24) is 0 Å². The van der Waals surface area contributed by atoms with Gasteiger partial charge in [-0.2, -0.15) is 5.26 Å². The van der Waals surface area contributed by atoms with Crippen molar-refractivity contribution in [2.24, 2.45) is 0 Å². The highest BCUT2D eigenvalue weighted by Crippen LogP contribution is 2.33. The third kappa shape index (κ3) is 1.74. The van der Waals surface area contributed by atoms with E-state index in [9.17, 15) is 9.59 Å². The van der Waals surface area contributed by atoms with E-state index in [-0.39, 0.29) is 11.8 Å². The number of hydrogen-bond acceptors (Lipinski definition) is 3. The van der Waals surface area contributed by atoms with E-state index in [1.165, 1.54) is 0 Å². The van der Waals surface area contributed by atoms with Gasteiger partial charge >= 0.3 is 0 Å². The second-order valence-corrected chi connectivity index (χ2v) is 5.12. The van der Waals surface area contributed by atoms with Gasteiger partial charge in [0.05, 0.1) is 28.4 Å². The van der Waals surface area contributed by atoms with Crippen molar-refractivity contribution < 1.29 is 9.59 Å². The van der Waals surface area contributed by atoms with Crippen LogP contribution in [0.1, 0.15) is 26.3 Å². The molecule has 2 aromatic rings. The van der Waals surface area contributed by atoms with Crippen LogP contribution in [0.15, 0.2) is 46.9 Å². The molecule has 1 heterocycles. The summed E-state index contributed by atoms with van der Waals surface area (Å²) < 4.78 is 0.533. The van der Waals surface area contributed by atoms with Gasteiger partial charge in [-0.05, 0) is 46.3 Å². The fourth-order valence-electron chi connectivity index (χ4n) is 2.17. The standard InChI is InChI=1S/C15H7BrN2O2/c16-12-7-9(8-17)5-6-13(12)18-14(19)10-3-1-2-4-11(10)15(18)20/h1-7H. The number of rotatable bonds is 1. The molecule has 0 saturated heterocycles. The lowest BCUT2D eigenvalue weighted by atomic mass is 10.1. The molecule has 5 heteroatoms. The summed E-state index contributed by atoms with van der Waals surface area (Å²) in [6, 6.07) is 13.5. The molecule has 20 heavy (non-hydrogen) atoms. The number of nitrogens with zero attached hydrogens (tertiary/aromatic N) is 2. The SMILES string of the molecule is N#Cc1ccc(N2C(=O)c3ccccc3C2=O)c(Br)c1. The van der Waals surface area contributed by atoms with Gasteiger partial charge in [0.15, 0.2) is 0 Å². The number of carbonyl (C=O) groups excluding carboxylic acids is 2. The van der Waals surface area contributed by atoms with Crippen LogP contribution in [-0.4, -0.2) is 11.8 Å². The normalized spacial score (nSPS) is 13.3. The molecular weight excluding hydrogens is 320 g/mol. The van der Waals surface area contributed by atoms with E-state index < -0.39 is 0 Å². The summed E-state index contributed by atoms with van der Waals surface area (Å²) >= 11 is 3.30. The van der Waals surface area contributed by atoms with Gasteiger partial charge < -0.3 is 0 Å². The average molecular weight is 327 g/mol. The maximum atomic E-state index is 12.3. The number of fused-ring (bicyclic) bond motifs is 1. The van der Waals surface area contributed by atoms with Crippen molar-refractivity contribution in [1.29, 1.82) is 5.26 Å². The molecule has 2 amide bonds. The summed E-state index contributed by atoms with van der Waals surface area (Å²) in [5, 5.41) is 8.85. The molecular formula is C15H7BrN2O2. The van der Waals surface area contributed by atoms with Crippen LogP contribution in [0, 0.1) is 11.3 Å². The Labute approximate surface area is 123 Å². The van der Waals surface area contributed by atoms with Gasteiger partial charge in [0, 0.05) is 4.47 Å². The number of halogens is 1. The first-order chi connectivity index (χ1) is 9.63. The van der Waals surface area contributed by atoms with Crippen LogP contribution in [0.3, 0.4) is 0 Å². The van der Waals surface area contributed by atoms with Crippen LogP contribution in [0.4, 0.5) is 5.69 Å². The molecule has 0 radical (unpaired) electrons. The van der Waals surface area contributed by atoms with Gasteiger partial charge in [0.2, 0.25) is 0 Å². The first-order valence-corrected chi connectivity index (χ1v) is 6.60. The largest absolute Gasteiger partial charge is 0.268 e. The van der Waals surface area contributed by atoms with E-state index in [4.69, 9.17) is 5.26 Å². The lowest BCUT2D eigenvalue weighted by Gasteiger charge is -2.15. The zero-order valence-electron chi connectivity index (χ0n) is 10.1. The second-order valence-electron chi connectivity index (χ2n) is 4.27. The highest BCUT2D eigenvalue weighted by atomic mass is 79.9. The van der Waals surface area contributed by atoms with Crippen LogP contribution in [0.25, 0.3) is 0 Å². The molecule has 1 aliphatic heterocycles. The Morgan fingerprint density at radius 3 is 2.10 bits per heavy atom. The average Bonchev–Trinajstić information content (AvgIpc) is 2.72. The fraction of sp³-hybridized carbons (Fsp3) is 0. The number of anilines is 1. The smallest absolute Gasteiger partial charge is 0.266 e. The summed E-state index contributed by atoms with van der Waals surface area (Å²) in [5.74, 6) is -0.702. The van der Waals surface area contributed by atoms with Crippen molar-refractivity contribution in [2.45, 2.75) is 0 Å². The van der Waals surface area contributed by atoms with Gasteiger partial charge in [-0.25, -0.2) is 4.90 Å². The van der Waals surface area contributed by atoms with Gasteiger partial charge in [0.1, 0.15) is 0 Å². The van der Waals surface area contributed by atoms with Crippen molar-refractivity contribution in [3.63, 3.8) is 0 Å². The molecule has 0 unspecified atom stereocenters. The quantitative estimate of drug-likeness (QED) is 0.756. The first-order valence-electron chi connectivity index (χ1n) is 5.81. The number of hydrogen-bond donors (Lipinski definition) is 0. The van der Waals surface area contributed by atoms with Crippen LogP contribution in [0.2, 0.25) is 0 Å². The highest BCUT2D eigenvalue weighted by molar-refractivity contribution is 9.10. The molecule has 2 aromatic carbocycles. The van der Waals surface area contributed by atoms with E-state index in [0.717, 1.165) is 4.90 Å². The third-order valence-corrected chi connectivity index (χ3v) is 3.75. The minimum Gasteiger partial charge on any atom is -0.268 e. The molecule has 96 valence electrons. The predicted molar refractivity (Wildman–Crippen MR) is 76.4 cm³/mol. The third-order valence-electron chi connectivity index (χ3n) is 3.11. The van der Waals surface area contributed by atoms with Gasteiger partial charge in [0.25, 0.3) is 11.8 Å². The van der Waals surface area contributed by atoms with E-state index in [0.29, 0.717) is 26.9 Å². The summed E-state index contributed by atoms with van der Waals surface area (Å²) in [7, 11) is 0.